The second kappa shape index (κ2) is 47.6. The SMILES string of the molecule is CCCCCCCCCCCCCCCCOC(=O)CCC(NC(=O)C(CCCCNC(=O)OCc1ccccc1)NC(=O)C(CCC(=O)OC(C)(C)C)NC(=O)OC(C)(C)C)C(=O)OCCCCCCCCCCCCCCCC. The van der Waals surface area contributed by atoms with Gasteiger partial charge in [0.25, 0.3) is 0 Å². The molecule has 0 fully saturated rings. The first kappa shape index (κ1) is 74.1. The van der Waals surface area contributed by atoms with Gasteiger partial charge in [-0.2, -0.15) is 0 Å². The van der Waals surface area contributed by atoms with Crippen molar-refractivity contribution in [2.45, 2.75) is 316 Å². The monoisotopic (exact) mass is 1140 g/mol. The summed E-state index contributed by atoms with van der Waals surface area (Å²) in [7, 11) is 0. The zero-order valence-corrected chi connectivity index (χ0v) is 52.1. The number of amides is 4. The summed E-state index contributed by atoms with van der Waals surface area (Å²) in [6.45, 7) is 15.3. The summed E-state index contributed by atoms with van der Waals surface area (Å²) in [6, 6.07) is 5.41. The van der Waals surface area contributed by atoms with Gasteiger partial charge in [0.15, 0.2) is 0 Å². The fourth-order valence-corrected chi connectivity index (χ4v) is 9.26. The van der Waals surface area contributed by atoms with E-state index in [-0.39, 0.29) is 58.5 Å². The predicted octanol–water partition coefficient (Wildman–Crippen LogP) is 14.9. The molecule has 0 aliphatic carbocycles. The molecule has 0 aliphatic rings. The molecular weight excluding hydrogens is 1030 g/mol. The van der Waals surface area contributed by atoms with Crippen LogP contribution in [0.25, 0.3) is 0 Å². The molecule has 0 radical (unpaired) electrons. The summed E-state index contributed by atoms with van der Waals surface area (Å²) in [4.78, 5) is 93.9. The lowest BCUT2D eigenvalue weighted by molar-refractivity contribution is -0.155. The number of unbranched alkanes of at least 4 members (excludes halogenated alkanes) is 27. The maximum absolute atomic E-state index is 14.4. The van der Waals surface area contributed by atoms with Crippen molar-refractivity contribution in [3.63, 3.8) is 0 Å². The van der Waals surface area contributed by atoms with Crippen LogP contribution in [0.5, 0.6) is 0 Å². The first-order chi connectivity index (χ1) is 38.8. The summed E-state index contributed by atoms with van der Waals surface area (Å²) < 4.78 is 27.6. The molecule has 0 saturated heterocycles. The number of carbonyl (C=O) groups is 7. The molecule has 0 aliphatic heterocycles. The maximum atomic E-state index is 14.4. The van der Waals surface area contributed by atoms with Gasteiger partial charge in [-0.15, -0.1) is 0 Å². The van der Waals surface area contributed by atoms with Crippen molar-refractivity contribution in [1.29, 1.82) is 0 Å². The van der Waals surface area contributed by atoms with Crippen LogP contribution in [0.15, 0.2) is 30.3 Å². The molecule has 466 valence electrons. The number of ether oxygens (including phenoxy) is 5. The Hall–Kier alpha value is -4.89. The van der Waals surface area contributed by atoms with Crippen LogP contribution in [0.4, 0.5) is 9.59 Å². The molecule has 1 aromatic rings. The second-order valence-corrected chi connectivity index (χ2v) is 24.0. The molecule has 0 aromatic heterocycles. The Balaban J connectivity index is 3.09. The molecule has 0 spiro atoms. The Morgan fingerprint density at radius 1 is 0.407 bits per heavy atom. The molecule has 4 amide bonds. The molecule has 0 saturated carbocycles. The highest BCUT2D eigenvalue weighted by molar-refractivity contribution is 5.93. The van der Waals surface area contributed by atoms with E-state index in [1.165, 1.54) is 128 Å². The second-order valence-electron chi connectivity index (χ2n) is 24.0. The maximum Gasteiger partial charge on any atom is 0.408 e. The van der Waals surface area contributed by atoms with E-state index >= 15 is 0 Å². The molecule has 4 N–H and O–H groups in total. The van der Waals surface area contributed by atoms with Gasteiger partial charge in [-0.05, 0) is 92.1 Å². The van der Waals surface area contributed by atoms with Crippen molar-refractivity contribution >= 4 is 41.9 Å². The number of rotatable bonds is 49. The highest BCUT2D eigenvalue weighted by Crippen LogP contribution is 2.17. The Labute approximate surface area is 490 Å². The smallest absolute Gasteiger partial charge is 0.408 e. The number of nitrogens with one attached hydrogen (secondary N) is 4. The number of carbonyl (C=O) groups excluding carboxylic acids is 7. The van der Waals surface area contributed by atoms with Crippen molar-refractivity contribution in [3.05, 3.63) is 35.9 Å². The van der Waals surface area contributed by atoms with Crippen LogP contribution in [-0.2, 0) is 54.3 Å². The van der Waals surface area contributed by atoms with E-state index in [9.17, 15) is 33.6 Å². The summed E-state index contributed by atoms with van der Waals surface area (Å²) in [5.74, 6) is -3.30. The van der Waals surface area contributed by atoms with Crippen molar-refractivity contribution in [1.82, 2.24) is 21.3 Å². The van der Waals surface area contributed by atoms with Crippen molar-refractivity contribution in [2.24, 2.45) is 0 Å². The Morgan fingerprint density at radius 3 is 1.28 bits per heavy atom. The lowest BCUT2D eigenvalue weighted by atomic mass is 10.0. The van der Waals surface area contributed by atoms with E-state index in [1.807, 2.05) is 30.3 Å². The highest BCUT2D eigenvalue weighted by atomic mass is 16.6. The van der Waals surface area contributed by atoms with Gasteiger partial charge in [0.2, 0.25) is 11.8 Å². The molecule has 0 heterocycles. The van der Waals surface area contributed by atoms with Crippen molar-refractivity contribution in [2.75, 3.05) is 19.8 Å². The molecule has 16 heteroatoms. The number of hydrogen-bond donors (Lipinski definition) is 4. The molecule has 16 nitrogen and oxygen atoms in total. The van der Waals surface area contributed by atoms with Crippen LogP contribution in [-0.4, -0.2) is 91.0 Å². The minimum Gasteiger partial charge on any atom is -0.466 e. The molecule has 0 bridgehead atoms. The summed E-state index contributed by atoms with van der Waals surface area (Å²) in [6.07, 6.45) is 32.0. The van der Waals surface area contributed by atoms with Crippen LogP contribution < -0.4 is 21.3 Å². The molecule has 1 rings (SSSR count). The number of benzene rings is 1. The van der Waals surface area contributed by atoms with Gasteiger partial charge in [-0.3, -0.25) is 19.2 Å². The van der Waals surface area contributed by atoms with Crippen LogP contribution in [0.3, 0.4) is 0 Å². The third-order valence-corrected chi connectivity index (χ3v) is 13.8. The number of alkyl carbamates (subject to hydrolysis) is 2. The standard InChI is InChI=1S/C65H114N4O12/c1-9-11-13-15-17-19-21-23-25-27-29-31-33-40-50-77-57(70)47-46-56(61(74)78-51-41-34-32-30-28-26-24-22-20-18-16-14-12-10-2)68-59(72)54(44-38-39-49-66-62(75)79-52-53-42-36-35-37-43-53)67-60(73)55(69-63(76)81-65(6,7)8)45-48-58(71)80-64(3,4)5/h35-37,42-43,54-56H,9-34,38-41,44-52H2,1-8H3,(H,66,75)(H,67,73)(H,68,72)(H,69,76). The number of hydrogen-bond acceptors (Lipinski definition) is 12. The lowest BCUT2D eigenvalue weighted by Gasteiger charge is -2.26. The third kappa shape index (κ3) is 45.3. The predicted molar refractivity (Wildman–Crippen MR) is 322 cm³/mol. The van der Waals surface area contributed by atoms with E-state index < -0.39 is 71.2 Å². The van der Waals surface area contributed by atoms with Crippen molar-refractivity contribution < 1.29 is 57.2 Å². The van der Waals surface area contributed by atoms with Gasteiger partial charge in [-0.25, -0.2) is 14.4 Å². The summed E-state index contributed by atoms with van der Waals surface area (Å²) in [5.41, 5.74) is -0.872. The average Bonchev–Trinajstić information content (AvgIpc) is 3.42. The zero-order valence-electron chi connectivity index (χ0n) is 52.1. The highest BCUT2D eigenvalue weighted by Gasteiger charge is 2.32. The van der Waals surface area contributed by atoms with Gasteiger partial charge in [0, 0.05) is 19.4 Å². The third-order valence-electron chi connectivity index (χ3n) is 13.8. The minimum atomic E-state index is -1.33. The first-order valence-corrected chi connectivity index (χ1v) is 31.9. The quantitative estimate of drug-likeness (QED) is 0.0272. The summed E-state index contributed by atoms with van der Waals surface area (Å²) >= 11 is 0. The Morgan fingerprint density at radius 2 is 0.815 bits per heavy atom. The Kier molecular flexibility index (Phi) is 43.5. The van der Waals surface area contributed by atoms with Gasteiger partial charge in [0.05, 0.1) is 13.2 Å². The van der Waals surface area contributed by atoms with E-state index in [2.05, 4.69) is 35.1 Å². The van der Waals surface area contributed by atoms with Crippen LogP contribution >= 0.6 is 0 Å². The van der Waals surface area contributed by atoms with Gasteiger partial charge >= 0.3 is 30.1 Å². The topological polar surface area (TPSA) is 214 Å². The van der Waals surface area contributed by atoms with E-state index in [4.69, 9.17) is 23.7 Å². The molecular formula is C65H114N4O12. The molecule has 81 heavy (non-hydrogen) atoms. The average molecular weight is 1140 g/mol. The van der Waals surface area contributed by atoms with Crippen LogP contribution in [0.2, 0.25) is 0 Å². The molecule has 1 aromatic carbocycles. The van der Waals surface area contributed by atoms with Gasteiger partial charge in [0.1, 0.15) is 35.9 Å². The van der Waals surface area contributed by atoms with E-state index in [0.29, 0.717) is 19.3 Å². The lowest BCUT2D eigenvalue weighted by Crippen LogP contribution is -2.56. The summed E-state index contributed by atoms with van der Waals surface area (Å²) in [5, 5.41) is 10.8. The first-order valence-electron chi connectivity index (χ1n) is 31.9. The molecule has 3 atom stereocenters. The fraction of sp³-hybridized carbons (Fsp3) is 0.800. The normalized spacial score (nSPS) is 12.6. The van der Waals surface area contributed by atoms with Crippen molar-refractivity contribution in [3.8, 4) is 0 Å². The van der Waals surface area contributed by atoms with Gasteiger partial charge < -0.3 is 45.0 Å². The fourth-order valence-electron chi connectivity index (χ4n) is 9.26. The Bertz CT molecular complexity index is 1820. The minimum absolute atomic E-state index is 0.0472. The van der Waals surface area contributed by atoms with Crippen LogP contribution in [0, 0.1) is 0 Å². The van der Waals surface area contributed by atoms with E-state index in [1.54, 1.807) is 41.5 Å². The largest absolute Gasteiger partial charge is 0.466 e. The number of esters is 3. The van der Waals surface area contributed by atoms with Gasteiger partial charge in [-0.1, -0.05) is 211 Å². The van der Waals surface area contributed by atoms with Crippen LogP contribution in [0.1, 0.15) is 286 Å². The van der Waals surface area contributed by atoms with E-state index in [0.717, 1.165) is 50.5 Å². The zero-order chi connectivity index (χ0) is 59.8. The molecule has 3 unspecified atom stereocenters.